The van der Waals surface area contributed by atoms with Gasteiger partial charge in [-0.05, 0) is 0 Å². The second-order valence-corrected chi connectivity index (χ2v) is 6.59. The summed E-state index contributed by atoms with van der Waals surface area (Å²) < 4.78 is 16.4. The molecule has 1 aliphatic rings. The van der Waals surface area contributed by atoms with Crippen molar-refractivity contribution in [2.75, 3.05) is 33.6 Å². The van der Waals surface area contributed by atoms with Crippen molar-refractivity contribution in [3.63, 3.8) is 0 Å². The average molecular weight is 363 g/mol. The van der Waals surface area contributed by atoms with Crippen LogP contribution in [-0.2, 0) is 11.2 Å². The quantitative estimate of drug-likeness (QED) is 0.813. The zero-order valence-corrected chi connectivity index (χ0v) is 15.3. The van der Waals surface area contributed by atoms with Crippen LogP contribution in [0.2, 0.25) is 0 Å². The van der Waals surface area contributed by atoms with Gasteiger partial charge in [-0.25, -0.2) is 4.98 Å². The number of aromatic amines is 1. The SMILES string of the molecule is COc1cc(OC)c(C2SCC(=O)N2CCc2cnc[nH]2)c(OC)c1. The molecule has 2 heterocycles. The summed E-state index contributed by atoms with van der Waals surface area (Å²) in [6.45, 7) is 0.594. The summed E-state index contributed by atoms with van der Waals surface area (Å²) in [7, 11) is 4.81. The Morgan fingerprint density at radius 1 is 1.24 bits per heavy atom. The number of rotatable bonds is 7. The monoisotopic (exact) mass is 363 g/mol. The van der Waals surface area contributed by atoms with Gasteiger partial charge in [0, 0.05) is 37.0 Å². The highest BCUT2D eigenvalue weighted by molar-refractivity contribution is 8.00. The van der Waals surface area contributed by atoms with E-state index in [1.165, 1.54) is 0 Å². The van der Waals surface area contributed by atoms with Crippen molar-refractivity contribution in [1.82, 2.24) is 14.9 Å². The molecule has 8 heteroatoms. The first-order chi connectivity index (χ1) is 12.2. The molecule has 1 atom stereocenters. The molecule has 0 bridgehead atoms. The van der Waals surface area contributed by atoms with Gasteiger partial charge in [0.15, 0.2) is 0 Å². The number of aromatic nitrogens is 2. The lowest BCUT2D eigenvalue weighted by molar-refractivity contribution is -0.128. The Hall–Kier alpha value is -2.35. The fourth-order valence-electron chi connectivity index (χ4n) is 2.87. The fraction of sp³-hybridized carbons (Fsp3) is 0.412. The number of benzene rings is 1. The minimum atomic E-state index is -0.161. The molecule has 2 aromatic rings. The van der Waals surface area contributed by atoms with Crippen molar-refractivity contribution in [3.8, 4) is 17.2 Å². The first-order valence-corrected chi connectivity index (χ1v) is 8.91. The number of carbonyl (C=O) groups is 1. The average Bonchev–Trinajstić information content (AvgIpc) is 3.28. The molecule has 1 aromatic heterocycles. The van der Waals surface area contributed by atoms with Crippen LogP contribution in [-0.4, -0.2) is 54.4 Å². The van der Waals surface area contributed by atoms with Gasteiger partial charge in [0.1, 0.15) is 22.6 Å². The maximum Gasteiger partial charge on any atom is 0.233 e. The number of hydrogen-bond acceptors (Lipinski definition) is 6. The minimum Gasteiger partial charge on any atom is -0.496 e. The number of H-pyrrole nitrogens is 1. The Balaban J connectivity index is 1.91. The van der Waals surface area contributed by atoms with E-state index in [0.717, 1.165) is 11.3 Å². The van der Waals surface area contributed by atoms with Gasteiger partial charge in [-0.3, -0.25) is 4.79 Å². The highest BCUT2D eigenvalue weighted by Crippen LogP contribution is 2.48. The summed E-state index contributed by atoms with van der Waals surface area (Å²) in [6.07, 6.45) is 4.13. The van der Waals surface area contributed by atoms with Gasteiger partial charge in [0.2, 0.25) is 5.91 Å². The first-order valence-electron chi connectivity index (χ1n) is 7.86. The van der Waals surface area contributed by atoms with Crippen molar-refractivity contribution >= 4 is 17.7 Å². The minimum absolute atomic E-state index is 0.106. The zero-order chi connectivity index (χ0) is 17.8. The Kier molecular flexibility index (Phi) is 5.37. The molecule has 1 aromatic carbocycles. The highest BCUT2D eigenvalue weighted by atomic mass is 32.2. The van der Waals surface area contributed by atoms with E-state index in [0.29, 0.717) is 36.0 Å². The Labute approximate surface area is 150 Å². The normalized spacial score (nSPS) is 17.0. The van der Waals surface area contributed by atoms with Crippen molar-refractivity contribution in [3.05, 3.63) is 35.9 Å². The number of nitrogens with one attached hydrogen (secondary N) is 1. The second kappa shape index (κ2) is 7.69. The van der Waals surface area contributed by atoms with Crippen molar-refractivity contribution in [1.29, 1.82) is 0 Å². The molecular weight excluding hydrogens is 342 g/mol. The van der Waals surface area contributed by atoms with Crippen LogP contribution in [0.15, 0.2) is 24.7 Å². The van der Waals surface area contributed by atoms with Gasteiger partial charge in [0.05, 0.1) is 39.0 Å². The molecule has 1 amide bonds. The van der Waals surface area contributed by atoms with Gasteiger partial charge in [-0.2, -0.15) is 0 Å². The van der Waals surface area contributed by atoms with Crippen LogP contribution in [0.4, 0.5) is 0 Å². The maximum absolute atomic E-state index is 12.4. The van der Waals surface area contributed by atoms with Crippen molar-refractivity contribution < 1.29 is 19.0 Å². The molecule has 1 unspecified atom stereocenters. The second-order valence-electron chi connectivity index (χ2n) is 5.52. The number of amides is 1. The topological polar surface area (TPSA) is 76.7 Å². The van der Waals surface area contributed by atoms with Crippen LogP contribution in [0.3, 0.4) is 0 Å². The predicted octanol–water partition coefficient (Wildman–Crippen LogP) is 2.25. The molecule has 3 rings (SSSR count). The highest BCUT2D eigenvalue weighted by Gasteiger charge is 2.36. The lowest BCUT2D eigenvalue weighted by Crippen LogP contribution is -2.30. The third kappa shape index (κ3) is 3.53. The number of carbonyl (C=O) groups excluding carboxylic acids is 1. The molecule has 25 heavy (non-hydrogen) atoms. The molecule has 0 radical (unpaired) electrons. The van der Waals surface area contributed by atoms with E-state index in [1.807, 2.05) is 17.0 Å². The van der Waals surface area contributed by atoms with E-state index >= 15 is 0 Å². The molecule has 1 N–H and O–H groups in total. The standard InChI is InChI=1S/C17H21N3O4S/c1-22-12-6-13(23-2)16(14(7-12)24-3)17-20(15(21)9-25-17)5-4-11-8-18-10-19-11/h6-8,10,17H,4-5,9H2,1-3H3,(H,18,19). The fourth-order valence-corrected chi connectivity index (χ4v) is 4.14. The molecule has 134 valence electrons. The Morgan fingerprint density at radius 2 is 1.96 bits per heavy atom. The molecular formula is C17H21N3O4S. The van der Waals surface area contributed by atoms with Gasteiger partial charge >= 0.3 is 0 Å². The van der Waals surface area contributed by atoms with Gasteiger partial charge < -0.3 is 24.1 Å². The molecule has 0 saturated carbocycles. The third-order valence-corrected chi connectivity index (χ3v) is 5.36. The molecule has 0 spiro atoms. The van der Waals surface area contributed by atoms with E-state index in [9.17, 15) is 4.79 Å². The van der Waals surface area contributed by atoms with E-state index in [1.54, 1.807) is 45.6 Å². The first kappa shape index (κ1) is 17.5. The molecule has 1 aliphatic heterocycles. The number of nitrogens with zero attached hydrogens (tertiary/aromatic N) is 2. The predicted molar refractivity (Wildman–Crippen MR) is 95.3 cm³/mol. The lowest BCUT2D eigenvalue weighted by atomic mass is 10.1. The third-order valence-electron chi connectivity index (χ3n) is 4.15. The van der Waals surface area contributed by atoms with Crippen LogP contribution in [0.1, 0.15) is 16.6 Å². The van der Waals surface area contributed by atoms with E-state index in [4.69, 9.17) is 14.2 Å². The summed E-state index contributed by atoms with van der Waals surface area (Å²) in [4.78, 5) is 21.4. The Morgan fingerprint density at radius 3 is 2.52 bits per heavy atom. The summed E-state index contributed by atoms with van der Waals surface area (Å²) in [5.74, 6) is 2.49. The van der Waals surface area contributed by atoms with E-state index < -0.39 is 0 Å². The zero-order valence-electron chi connectivity index (χ0n) is 14.4. The van der Waals surface area contributed by atoms with Crippen LogP contribution in [0.25, 0.3) is 0 Å². The number of methoxy groups -OCH3 is 3. The smallest absolute Gasteiger partial charge is 0.233 e. The van der Waals surface area contributed by atoms with Gasteiger partial charge in [-0.1, -0.05) is 0 Å². The molecule has 1 saturated heterocycles. The molecule has 1 fully saturated rings. The van der Waals surface area contributed by atoms with Crippen LogP contribution >= 0.6 is 11.8 Å². The van der Waals surface area contributed by atoms with Crippen LogP contribution < -0.4 is 14.2 Å². The number of thioether (sulfide) groups is 1. The van der Waals surface area contributed by atoms with Gasteiger partial charge in [-0.15, -0.1) is 11.8 Å². The Bertz CT molecular complexity index is 710. The maximum atomic E-state index is 12.4. The van der Waals surface area contributed by atoms with Crippen LogP contribution in [0, 0.1) is 0 Å². The number of imidazole rings is 1. The number of ether oxygens (including phenoxy) is 3. The summed E-state index contributed by atoms with van der Waals surface area (Å²) in [5.41, 5.74) is 1.85. The van der Waals surface area contributed by atoms with Gasteiger partial charge in [0.25, 0.3) is 0 Å². The summed E-state index contributed by atoms with van der Waals surface area (Å²) >= 11 is 1.57. The van der Waals surface area contributed by atoms with Crippen molar-refractivity contribution in [2.45, 2.75) is 11.8 Å². The van der Waals surface area contributed by atoms with E-state index in [-0.39, 0.29) is 11.3 Å². The van der Waals surface area contributed by atoms with Crippen molar-refractivity contribution in [2.24, 2.45) is 0 Å². The molecule has 0 aliphatic carbocycles. The largest absolute Gasteiger partial charge is 0.496 e. The summed E-state index contributed by atoms with van der Waals surface area (Å²) in [6, 6.07) is 3.63. The molecule has 7 nitrogen and oxygen atoms in total. The number of hydrogen-bond donors (Lipinski definition) is 1. The van der Waals surface area contributed by atoms with E-state index in [2.05, 4.69) is 9.97 Å². The lowest BCUT2D eigenvalue weighted by Gasteiger charge is -2.27. The van der Waals surface area contributed by atoms with Crippen LogP contribution in [0.5, 0.6) is 17.2 Å². The summed E-state index contributed by atoms with van der Waals surface area (Å²) in [5, 5.41) is -0.161.